The zero-order valence-electron chi connectivity index (χ0n) is 10.1. The van der Waals surface area contributed by atoms with Crippen LogP contribution < -0.4 is 5.73 Å². The minimum Gasteiger partial charge on any atom is -0.335 e. The van der Waals surface area contributed by atoms with Gasteiger partial charge in [0.15, 0.2) is 0 Å². The lowest BCUT2D eigenvalue weighted by Crippen LogP contribution is -2.16. The Balaban J connectivity index is 2.16. The number of benzene rings is 1. The van der Waals surface area contributed by atoms with Gasteiger partial charge >= 0.3 is 0 Å². The Morgan fingerprint density at radius 2 is 2.11 bits per heavy atom. The second-order valence-electron chi connectivity index (χ2n) is 4.11. The van der Waals surface area contributed by atoms with Gasteiger partial charge in [0.2, 0.25) is 0 Å². The number of aromatic nitrogens is 2. The summed E-state index contributed by atoms with van der Waals surface area (Å²) in [7, 11) is 0. The maximum absolute atomic E-state index is 6.17. The van der Waals surface area contributed by atoms with E-state index in [0.717, 1.165) is 17.9 Å². The third-order valence-corrected chi connectivity index (χ3v) is 3.66. The molecule has 1 aromatic carbocycles. The number of nitrogens with zero attached hydrogens (tertiary/aromatic N) is 2. The third kappa shape index (κ3) is 2.86. The Kier molecular flexibility index (Phi) is 4.27. The Morgan fingerprint density at radius 1 is 1.33 bits per heavy atom. The van der Waals surface area contributed by atoms with Crippen LogP contribution in [0.5, 0.6) is 0 Å². The monoisotopic (exact) mass is 283 g/mol. The highest BCUT2D eigenvalue weighted by atomic mass is 35.5. The van der Waals surface area contributed by atoms with Crippen LogP contribution in [-0.4, -0.2) is 9.55 Å². The topological polar surface area (TPSA) is 43.8 Å². The Hall–Kier alpha value is -1.03. The summed E-state index contributed by atoms with van der Waals surface area (Å²) in [5.41, 5.74) is 7.14. The number of hydrogen-bond donors (Lipinski definition) is 1. The van der Waals surface area contributed by atoms with E-state index in [4.69, 9.17) is 28.9 Å². The van der Waals surface area contributed by atoms with Crippen molar-refractivity contribution < 1.29 is 0 Å². The average molecular weight is 284 g/mol. The van der Waals surface area contributed by atoms with Crippen molar-refractivity contribution in [1.82, 2.24) is 9.55 Å². The molecule has 1 heterocycles. The molecule has 0 bridgehead atoms. The summed E-state index contributed by atoms with van der Waals surface area (Å²) < 4.78 is 2.08. The van der Waals surface area contributed by atoms with E-state index < -0.39 is 0 Å². The zero-order valence-corrected chi connectivity index (χ0v) is 11.6. The van der Waals surface area contributed by atoms with Gasteiger partial charge in [0.25, 0.3) is 0 Å². The number of aryl methyl sites for hydroxylation is 1. The van der Waals surface area contributed by atoms with Gasteiger partial charge in [-0.2, -0.15) is 0 Å². The van der Waals surface area contributed by atoms with Crippen LogP contribution in [0.4, 0.5) is 0 Å². The molecule has 96 valence electrons. The first-order valence-corrected chi connectivity index (χ1v) is 6.58. The predicted octanol–water partition coefficient (Wildman–Crippen LogP) is 3.45. The van der Waals surface area contributed by atoms with Gasteiger partial charge in [-0.3, -0.25) is 0 Å². The van der Waals surface area contributed by atoms with E-state index in [1.165, 1.54) is 0 Å². The maximum Gasteiger partial charge on any atom is 0.110 e. The minimum absolute atomic E-state index is 0.132. The standard InChI is InChI=1S/C13H15Cl2N3/c1-2-18-6-5-17-13(18)8-12(16)9-3-4-10(14)11(15)7-9/h3-7,12H,2,8,16H2,1H3. The molecule has 0 saturated carbocycles. The number of rotatable bonds is 4. The average Bonchev–Trinajstić information content (AvgIpc) is 2.79. The molecule has 2 aromatic rings. The van der Waals surface area contributed by atoms with E-state index >= 15 is 0 Å². The number of nitrogens with two attached hydrogens (primary N) is 1. The second-order valence-corrected chi connectivity index (χ2v) is 4.93. The van der Waals surface area contributed by atoms with E-state index in [9.17, 15) is 0 Å². The van der Waals surface area contributed by atoms with Crippen molar-refractivity contribution in [2.75, 3.05) is 0 Å². The van der Waals surface area contributed by atoms with Gasteiger partial charge in [-0.15, -0.1) is 0 Å². The summed E-state index contributed by atoms with van der Waals surface area (Å²) >= 11 is 11.9. The largest absolute Gasteiger partial charge is 0.335 e. The summed E-state index contributed by atoms with van der Waals surface area (Å²) in [4.78, 5) is 4.32. The molecular weight excluding hydrogens is 269 g/mol. The highest BCUT2D eigenvalue weighted by molar-refractivity contribution is 6.42. The number of hydrogen-bond acceptors (Lipinski definition) is 2. The SMILES string of the molecule is CCn1ccnc1CC(N)c1ccc(Cl)c(Cl)c1. The maximum atomic E-state index is 6.17. The summed E-state index contributed by atoms with van der Waals surface area (Å²) in [6.45, 7) is 2.97. The third-order valence-electron chi connectivity index (χ3n) is 2.92. The van der Waals surface area contributed by atoms with Crippen LogP contribution in [0.3, 0.4) is 0 Å². The van der Waals surface area contributed by atoms with Crippen LogP contribution in [0, 0.1) is 0 Å². The second kappa shape index (κ2) is 5.74. The lowest BCUT2D eigenvalue weighted by atomic mass is 10.0. The van der Waals surface area contributed by atoms with E-state index in [-0.39, 0.29) is 6.04 Å². The van der Waals surface area contributed by atoms with Crippen molar-refractivity contribution in [2.24, 2.45) is 5.73 Å². The van der Waals surface area contributed by atoms with Gasteiger partial charge in [-0.05, 0) is 24.6 Å². The summed E-state index contributed by atoms with van der Waals surface area (Å²) in [5, 5.41) is 1.08. The van der Waals surface area contributed by atoms with Crippen LogP contribution in [0.1, 0.15) is 24.4 Å². The van der Waals surface area contributed by atoms with E-state index in [1.807, 2.05) is 18.3 Å². The lowest BCUT2D eigenvalue weighted by Gasteiger charge is -2.13. The van der Waals surface area contributed by atoms with Crippen LogP contribution in [-0.2, 0) is 13.0 Å². The fraction of sp³-hybridized carbons (Fsp3) is 0.308. The molecule has 0 fully saturated rings. The van der Waals surface area contributed by atoms with Gasteiger partial charge in [-0.1, -0.05) is 29.3 Å². The molecule has 2 N–H and O–H groups in total. The normalized spacial score (nSPS) is 12.7. The first-order chi connectivity index (χ1) is 8.61. The van der Waals surface area contributed by atoms with Crippen molar-refractivity contribution >= 4 is 23.2 Å². The molecule has 0 spiro atoms. The lowest BCUT2D eigenvalue weighted by molar-refractivity contribution is 0.628. The first kappa shape index (κ1) is 13.4. The quantitative estimate of drug-likeness (QED) is 0.934. The smallest absolute Gasteiger partial charge is 0.110 e. The van der Waals surface area contributed by atoms with E-state index in [1.54, 1.807) is 12.3 Å². The Labute approximate surface area is 117 Å². The van der Waals surface area contributed by atoms with Gasteiger partial charge in [0.1, 0.15) is 5.82 Å². The molecule has 0 aliphatic rings. The number of imidazole rings is 1. The van der Waals surface area contributed by atoms with E-state index in [2.05, 4.69) is 16.5 Å². The summed E-state index contributed by atoms with van der Waals surface area (Å²) in [6.07, 6.45) is 4.43. The van der Waals surface area contributed by atoms with Crippen molar-refractivity contribution in [2.45, 2.75) is 25.9 Å². The molecule has 2 rings (SSSR count). The molecule has 0 saturated heterocycles. The molecule has 0 aliphatic carbocycles. The van der Waals surface area contributed by atoms with Crippen LogP contribution >= 0.6 is 23.2 Å². The highest BCUT2D eigenvalue weighted by Crippen LogP contribution is 2.26. The highest BCUT2D eigenvalue weighted by Gasteiger charge is 2.12. The molecule has 0 aliphatic heterocycles. The Bertz CT molecular complexity index is 537. The molecule has 1 unspecified atom stereocenters. The van der Waals surface area contributed by atoms with Gasteiger partial charge in [0.05, 0.1) is 10.0 Å². The molecule has 18 heavy (non-hydrogen) atoms. The van der Waals surface area contributed by atoms with Gasteiger partial charge in [0, 0.05) is 31.4 Å². The van der Waals surface area contributed by atoms with Gasteiger partial charge in [-0.25, -0.2) is 4.98 Å². The minimum atomic E-state index is -0.132. The van der Waals surface area contributed by atoms with Crippen molar-refractivity contribution in [1.29, 1.82) is 0 Å². The molecular formula is C13H15Cl2N3. The van der Waals surface area contributed by atoms with Crippen molar-refractivity contribution in [3.05, 3.63) is 52.0 Å². The molecule has 0 radical (unpaired) electrons. The van der Waals surface area contributed by atoms with Crippen LogP contribution in [0.15, 0.2) is 30.6 Å². The molecule has 3 nitrogen and oxygen atoms in total. The van der Waals surface area contributed by atoms with Crippen molar-refractivity contribution in [3.8, 4) is 0 Å². The van der Waals surface area contributed by atoms with Crippen molar-refractivity contribution in [3.63, 3.8) is 0 Å². The molecule has 5 heteroatoms. The summed E-state index contributed by atoms with van der Waals surface area (Å²) in [6, 6.07) is 5.35. The fourth-order valence-electron chi connectivity index (χ4n) is 1.88. The number of halogens is 2. The predicted molar refractivity (Wildman–Crippen MR) is 75.0 cm³/mol. The van der Waals surface area contributed by atoms with Crippen LogP contribution in [0.25, 0.3) is 0 Å². The molecule has 0 amide bonds. The zero-order chi connectivity index (χ0) is 13.1. The fourth-order valence-corrected chi connectivity index (χ4v) is 2.18. The summed E-state index contributed by atoms with van der Waals surface area (Å²) in [5.74, 6) is 0.982. The molecule has 1 aromatic heterocycles. The first-order valence-electron chi connectivity index (χ1n) is 5.82. The Morgan fingerprint density at radius 3 is 2.78 bits per heavy atom. The van der Waals surface area contributed by atoms with Gasteiger partial charge < -0.3 is 10.3 Å². The van der Waals surface area contributed by atoms with E-state index in [0.29, 0.717) is 16.5 Å². The van der Waals surface area contributed by atoms with Crippen LogP contribution in [0.2, 0.25) is 10.0 Å². The molecule has 1 atom stereocenters.